The highest BCUT2D eigenvalue weighted by molar-refractivity contribution is 7.92. The summed E-state index contributed by atoms with van der Waals surface area (Å²) in [7, 11) is -3.70. The van der Waals surface area contributed by atoms with Crippen molar-refractivity contribution in [1.82, 2.24) is 10.2 Å². The summed E-state index contributed by atoms with van der Waals surface area (Å²) in [5, 5.41) is 2.89. The van der Waals surface area contributed by atoms with Crippen LogP contribution in [0.5, 0.6) is 11.5 Å². The summed E-state index contributed by atoms with van der Waals surface area (Å²) in [6, 6.07) is 19.5. The summed E-state index contributed by atoms with van der Waals surface area (Å²) < 4.78 is 52.7. The lowest BCUT2D eigenvalue weighted by Gasteiger charge is -2.32. The number of carbonyl (C=O) groups is 2. The highest BCUT2D eigenvalue weighted by Crippen LogP contribution is 2.35. The average Bonchev–Trinajstić information content (AvgIpc) is 3.00. The minimum absolute atomic E-state index is 0.0170. The Morgan fingerprint density at radius 3 is 2.37 bits per heavy atom. The predicted octanol–water partition coefficient (Wildman–Crippen LogP) is 4.31. The zero-order chi connectivity index (χ0) is 30.8. The van der Waals surface area contributed by atoms with Gasteiger partial charge in [0.25, 0.3) is 0 Å². The number of nitrogens with one attached hydrogen (secondary N) is 1. The van der Waals surface area contributed by atoms with E-state index in [0.29, 0.717) is 43.4 Å². The molecule has 1 heterocycles. The Kier molecular flexibility index (Phi) is 11.0. The first-order chi connectivity index (χ1) is 20.7. The normalized spacial score (nSPS) is 13.2. The summed E-state index contributed by atoms with van der Waals surface area (Å²) in [6.07, 6.45) is 2.17. The van der Waals surface area contributed by atoms with Crippen LogP contribution in [-0.2, 0) is 32.6 Å². The molecular formula is C32H38FN3O6S. The van der Waals surface area contributed by atoms with Gasteiger partial charge in [-0.3, -0.25) is 13.9 Å². The number of nitrogens with zero attached hydrogens (tertiary/aromatic N) is 2. The van der Waals surface area contributed by atoms with Crippen LogP contribution in [0.4, 0.5) is 10.1 Å². The monoisotopic (exact) mass is 611 g/mol. The fraction of sp³-hybridized carbons (Fsp3) is 0.375. The smallest absolute Gasteiger partial charge is 0.243 e. The van der Waals surface area contributed by atoms with Gasteiger partial charge in [-0.1, -0.05) is 55.5 Å². The lowest BCUT2D eigenvalue weighted by molar-refractivity contribution is -0.141. The van der Waals surface area contributed by atoms with Crippen LogP contribution < -0.4 is 19.1 Å². The molecule has 230 valence electrons. The number of hydrogen-bond acceptors (Lipinski definition) is 6. The molecule has 0 unspecified atom stereocenters. The predicted molar refractivity (Wildman–Crippen MR) is 163 cm³/mol. The number of halogens is 1. The Morgan fingerprint density at radius 1 is 0.977 bits per heavy atom. The number of ether oxygens (including phenoxy) is 2. The lowest BCUT2D eigenvalue weighted by Crippen LogP contribution is -2.50. The third-order valence-corrected chi connectivity index (χ3v) is 8.28. The third-order valence-electron chi connectivity index (χ3n) is 7.08. The van der Waals surface area contributed by atoms with Gasteiger partial charge in [-0.2, -0.15) is 0 Å². The number of sulfonamides is 1. The molecule has 1 N–H and O–H groups in total. The second-order valence-electron chi connectivity index (χ2n) is 10.4. The van der Waals surface area contributed by atoms with Crippen molar-refractivity contribution in [3.63, 3.8) is 0 Å². The molecule has 0 fully saturated rings. The van der Waals surface area contributed by atoms with E-state index in [2.05, 4.69) is 5.32 Å². The van der Waals surface area contributed by atoms with Crippen molar-refractivity contribution in [2.45, 2.75) is 45.2 Å². The first-order valence-electron chi connectivity index (χ1n) is 14.4. The number of fused-ring (bicyclic) bond motifs is 1. The topological polar surface area (TPSA) is 105 Å². The second kappa shape index (κ2) is 14.9. The molecular weight excluding hydrogens is 573 g/mol. The number of amides is 2. The largest absolute Gasteiger partial charge is 0.486 e. The van der Waals surface area contributed by atoms with Gasteiger partial charge in [0.2, 0.25) is 21.8 Å². The molecule has 4 rings (SSSR count). The molecule has 3 aromatic rings. The molecule has 0 bridgehead atoms. The number of rotatable bonds is 14. The van der Waals surface area contributed by atoms with E-state index in [9.17, 15) is 22.4 Å². The molecule has 9 nitrogen and oxygen atoms in total. The maximum atomic E-state index is 14.8. The first-order valence-corrected chi connectivity index (χ1v) is 16.2. The van der Waals surface area contributed by atoms with Crippen LogP contribution in [0.2, 0.25) is 0 Å². The van der Waals surface area contributed by atoms with Gasteiger partial charge in [0, 0.05) is 44.1 Å². The van der Waals surface area contributed by atoms with Crippen LogP contribution in [-0.4, -0.2) is 63.7 Å². The minimum atomic E-state index is -3.70. The van der Waals surface area contributed by atoms with Gasteiger partial charge < -0.3 is 19.7 Å². The highest BCUT2D eigenvalue weighted by atomic mass is 32.2. The van der Waals surface area contributed by atoms with Crippen LogP contribution in [0.15, 0.2) is 72.8 Å². The van der Waals surface area contributed by atoms with Crippen LogP contribution in [0.1, 0.15) is 37.3 Å². The lowest BCUT2D eigenvalue weighted by atomic mass is 10.0. The number of hydrogen-bond donors (Lipinski definition) is 1. The summed E-state index contributed by atoms with van der Waals surface area (Å²) in [5.41, 5.74) is 1.53. The van der Waals surface area contributed by atoms with Crippen LogP contribution in [0.25, 0.3) is 0 Å². The second-order valence-corrected chi connectivity index (χ2v) is 12.3. The van der Waals surface area contributed by atoms with Crippen molar-refractivity contribution in [3.8, 4) is 11.5 Å². The summed E-state index contributed by atoms with van der Waals surface area (Å²) in [5.74, 6) is -0.204. The van der Waals surface area contributed by atoms with E-state index in [4.69, 9.17) is 9.47 Å². The van der Waals surface area contributed by atoms with Gasteiger partial charge in [0.1, 0.15) is 25.1 Å². The molecule has 43 heavy (non-hydrogen) atoms. The molecule has 1 aliphatic rings. The molecule has 2 amide bonds. The van der Waals surface area contributed by atoms with Gasteiger partial charge in [-0.05, 0) is 36.6 Å². The summed E-state index contributed by atoms with van der Waals surface area (Å²) in [4.78, 5) is 28.7. The Hall–Kier alpha value is -4.12. The number of carbonyl (C=O) groups excluding carboxylic acids is 2. The Balaban J connectivity index is 1.57. The first kappa shape index (κ1) is 31.8. The van der Waals surface area contributed by atoms with E-state index in [1.165, 1.54) is 15.3 Å². The molecule has 1 atom stereocenters. The van der Waals surface area contributed by atoms with Crippen molar-refractivity contribution in [3.05, 3.63) is 89.7 Å². The molecule has 3 aromatic carbocycles. The number of anilines is 1. The van der Waals surface area contributed by atoms with E-state index < -0.39 is 21.9 Å². The summed E-state index contributed by atoms with van der Waals surface area (Å²) in [6.45, 7) is 3.05. The maximum Gasteiger partial charge on any atom is 0.243 e. The minimum Gasteiger partial charge on any atom is -0.486 e. The van der Waals surface area contributed by atoms with Crippen LogP contribution >= 0.6 is 0 Å². The fourth-order valence-corrected chi connectivity index (χ4v) is 5.88. The average molecular weight is 612 g/mol. The third kappa shape index (κ3) is 8.70. The van der Waals surface area contributed by atoms with Crippen molar-refractivity contribution >= 4 is 27.5 Å². The van der Waals surface area contributed by atoms with E-state index >= 15 is 0 Å². The molecule has 0 spiro atoms. The van der Waals surface area contributed by atoms with E-state index in [-0.39, 0.29) is 49.7 Å². The van der Waals surface area contributed by atoms with Crippen molar-refractivity contribution in [2.24, 2.45) is 0 Å². The van der Waals surface area contributed by atoms with Crippen molar-refractivity contribution in [2.75, 3.05) is 36.9 Å². The maximum absolute atomic E-state index is 14.8. The SMILES string of the molecule is CCCNC(=O)[C@@H](Cc1ccccc1)N(Cc1ccccc1F)C(=O)CCCN(c1ccc2c(c1)OCCO2)S(C)(=O)=O. The van der Waals surface area contributed by atoms with Crippen molar-refractivity contribution in [1.29, 1.82) is 0 Å². The quantitative estimate of drug-likeness (QED) is 0.291. The Labute approximate surface area is 252 Å². The van der Waals surface area contributed by atoms with E-state index in [0.717, 1.165) is 11.8 Å². The Bertz CT molecular complexity index is 1500. The van der Waals surface area contributed by atoms with Crippen LogP contribution in [0, 0.1) is 5.82 Å². The van der Waals surface area contributed by atoms with Gasteiger partial charge in [-0.15, -0.1) is 0 Å². The molecule has 1 aliphatic heterocycles. The van der Waals surface area contributed by atoms with Gasteiger partial charge in [0.15, 0.2) is 11.5 Å². The molecule has 0 aliphatic carbocycles. The van der Waals surface area contributed by atoms with E-state index in [1.54, 1.807) is 36.4 Å². The molecule has 0 aromatic heterocycles. The van der Waals surface area contributed by atoms with Gasteiger partial charge in [-0.25, -0.2) is 12.8 Å². The zero-order valence-corrected chi connectivity index (χ0v) is 25.3. The summed E-state index contributed by atoms with van der Waals surface area (Å²) >= 11 is 0. The van der Waals surface area contributed by atoms with Gasteiger partial charge in [0.05, 0.1) is 11.9 Å². The Morgan fingerprint density at radius 2 is 1.67 bits per heavy atom. The van der Waals surface area contributed by atoms with Crippen molar-refractivity contribution < 1.29 is 31.9 Å². The van der Waals surface area contributed by atoms with Gasteiger partial charge >= 0.3 is 0 Å². The highest BCUT2D eigenvalue weighted by Gasteiger charge is 2.31. The molecule has 0 radical (unpaired) electrons. The molecule has 11 heteroatoms. The standard InChI is InChI=1S/C32H38FN3O6S/c1-3-17-34-32(38)28(21-24-10-5-4-6-11-24)35(23-25-12-7-8-13-27(25)33)31(37)14-9-18-36(43(2,39)40)26-15-16-29-30(22-26)42-20-19-41-29/h4-8,10-13,15-16,22,28H,3,9,14,17-21,23H2,1-2H3,(H,34,38)/t28-/m1/s1. The number of benzene rings is 3. The molecule has 0 saturated carbocycles. The molecule has 0 saturated heterocycles. The van der Waals surface area contributed by atoms with E-state index in [1.807, 2.05) is 37.3 Å². The zero-order valence-electron chi connectivity index (χ0n) is 24.5. The fourth-order valence-electron chi connectivity index (χ4n) is 4.92. The van der Waals surface area contributed by atoms with Crippen LogP contribution in [0.3, 0.4) is 0 Å².